The number of aromatic nitrogens is 1. The van der Waals surface area contributed by atoms with Crippen molar-refractivity contribution in [2.75, 3.05) is 25.6 Å². The van der Waals surface area contributed by atoms with Crippen LogP contribution in [0.1, 0.15) is 49.4 Å². The molecule has 1 aromatic rings. The number of fused-ring (bicyclic) bond motifs is 3. The highest BCUT2D eigenvalue weighted by Gasteiger charge is 2.60. The quantitative estimate of drug-likeness (QED) is 0.687. The molecule has 1 aliphatic heterocycles. The second kappa shape index (κ2) is 6.78. The molecule has 4 atom stereocenters. The van der Waals surface area contributed by atoms with E-state index in [1.54, 1.807) is 25.4 Å². The van der Waals surface area contributed by atoms with Crippen LogP contribution in [0.25, 0.3) is 0 Å². The lowest BCUT2D eigenvalue weighted by molar-refractivity contribution is -0.139. The normalized spacial score (nSPS) is 33.9. The minimum absolute atomic E-state index is 0.0201. The number of hydrogen-bond donors (Lipinski definition) is 3. The molecule has 1 spiro atoms. The maximum Gasteiger partial charge on any atom is 0.256 e. The Kier molecular flexibility index (Phi) is 4.58. The zero-order valence-corrected chi connectivity index (χ0v) is 16.0. The van der Waals surface area contributed by atoms with Crippen molar-refractivity contribution in [2.45, 2.75) is 44.7 Å². The van der Waals surface area contributed by atoms with Gasteiger partial charge in [-0.1, -0.05) is 6.92 Å². The van der Waals surface area contributed by atoms with E-state index in [-0.39, 0.29) is 29.1 Å². The smallest absolute Gasteiger partial charge is 0.256 e. The molecule has 2 amide bonds. The van der Waals surface area contributed by atoms with Crippen LogP contribution in [-0.2, 0) is 9.53 Å². The number of methoxy groups -OCH3 is 1. The Bertz CT molecular complexity index is 754. The van der Waals surface area contributed by atoms with Gasteiger partial charge >= 0.3 is 0 Å². The van der Waals surface area contributed by atoms with E-state index in [1.807, 2.05) is 0 Å². The number of nitrogens with one attached hydrogen (secondary N) is 3. The SMILES string of the molecule is COCCCNC(=O)[C@H]1C[C@H]2CC[C@@]1(C)C[C@]21NC(=O)c2cccnc2N1. The molecule has 0 aromatic carbocycles. The largest absolute Gasteiger partial charge is 0.385 e. The third-order valence-electron chi connectivity index (χ3n) is 6.68. The van der Waals surface area contributed by atoms with E-state index in [9.17, 15) is 9.59 Å². The van der Waals surface area contributed by atoms with E-state index in [2.05, 4.69) is 27.9 Å². The van der Waals surface area contributed by atoms with E-state index in [0.29, 0.717) is 24.5 Å². The molecule has 3 aliphatic carbocycles. The first-order valence-electron chi connectivity index (χ1n) is 9.80. The maximum atomic E-state index is 12.8. The number of anilines is 1. The Morgan fingerprint density at radius 2 is 2.30 bits per heavy atom. The molecule has 146 valence electrons. The van der Waals surface area contributed by atoms with Gasteiger partial charge in [0.15, 0.2) is 0 Å². The van der Waals surface area contributed by atoms with Gasteiger partial charge in [0.1, 0.15) is 11.5 Å². The second-order valence-electron chi connectivity index (χ2n) is 8.44. The van der Waals surface area contributed by atoms with Crippen molar-refractivity contribution in [3.63, 3.8) is 0 Å². The summed E-state index contributed by atoms with van der Waals surface area (Å²) in [5.74, 6) is 0.904. The zero-order valence-electron chi connectivity index (χ0n) is 16.0. The third kappa shape index (κ3) is 3.08. The van der Waals surface area contributed by atoms with Crippen molar-refractivity contribution in [3.8, 4) is 0 Å². The molecule has 0 saturated heterocycles. The summed E-state index contributed by atoms with van der Waals surface area (Å²) in [5.41, 5.74) is -0.0626. The van der Waals surface area contributed by atoms with Gasteiger partial charge in [-0.2, -0.15) is 0 Å². The summed E-state index contributed by atoms with van der Waals surface area (Å²) in [6, 6.07) is 3.56. The van der Waals surface area contributed by atoms with Gasteiger partial charge in [-0.05, 0) is 49.7 Å². The van der Waals surface area contributed by atoms with Crippen molar-refractivity contribution in [1.82, 2.24) is 15.6 Å². The Morgan fingerprint density at radius 1 is 1.44 bits per heavy atom. The van der Waals surface area contributed by atoms with E-state index < -0.39 is 5.66 Å². The van der Waals surface area contributed by atoms with Gasteiger partial charge in [0.05, 0.1) is 5.56 Å². The number of hydrogen-bond acceptors (Lipinski definition) is 5. The molecule has 2 bridgehead atoms. The minimum Gasteiger partial charge on any atom is -0.385 e. The van der Waals surface area contributed by atoms with Gasteiger partial charge in [0.2, 0.25) is 5.91 Å². The number of amides is 2. The Labute approximate surface area is 159 Å². The lowest BCUT2D eigenvalue weighted by atomic mass is 9.51. The summed E-state index contributed by atoms with van der Waals surface area (Å²) < 4.78 is 5.05. The molecule has 3 saturated carbocycles. The predicted octanol–water partition coefficient (Wildman–Crippen LogP) is 1.91. The fourth-order valence-electron chi connectivity index (χ4n) is 5.27. The summed E-state index contributed by atoms with van der Waals surface area (Å²) in [6.07, 6.45) is 6.04. The van der Waals surface area contributed by atoms with E-state index in [0.717, 1.165) is 32.1 Å². The van der Waals surface area contributed by atoms with Gasteiger partial charge in [0.25, 0.3) is 5.91 Å². The summed E-state index contributed by atoms with van der Waals surface area (Å²) >= 11 is 0. The highest BCUT2D eigenvalue weighted by atomic mass is 16.5. The number of nitrogens with zero attached hydrogens (tertiary/aromatic N) is 1. The average Bonchev–Trinajstić information content (AvgIpc) is 2.64. The lowest BCUT2D eigenvalue weighted by Crippen LogP contribution is -2.70. The molecule has 2 heterocycles. The van der Waals surface area contributed by atoms with Crippen LogP contribution in [-0.4, -0.2) is 42.7 Å². The number of carbonyl (C=O) groups is 2. The highest BCUT2D eigenvalue weighted by molar-refractivity contribution is 6.01. The molecule has 4 aliphatic rings. The first-order chi connectivity index (χ1) is 13.0. The molecule has 0 unspecified atom stereocenters. The van der Waals surface area contributed by atoms with Gasteiger partial charge in [0, 0.05) is 38.3 Å². The van der Waals surface area contributed by atoms with Crippen LogP contribution in [0.3, 0.4) is 0 Å². The summed E-state index contributed by atoms with van der Waals surface area (Å²) in [4.78, 5) is 29.9. The van der Waals surface area contributed by atoms with Crippen LogP contribution in [0.5, 0.6) is 0 Å². The van der Waals surface area contributed by atoms with Crippen LogP contribution in [0, 0.1) is 17.3 Å². The van der Waals surface area contributed by atoms with Crippen LogP contribution in [0.2, 0.25) is 0 Å². The zero-order chi connectivity index (χ0) is 19.1. The van der Waals surface area contributed by atoms with Gasteiger partial charge in [-0.3, -0.25) is 9.59 Å². The molecular formula is C20H28N4O3. The maximum absolute atomic E-state index is 12.8. The Morgan fingerprint density at radius 3 is 3.07 bits per heavy atom. The number of pyridine rings is 1. The Hall–Kier alpha value is -2.15. The van der Waals surface area contributed by atoms with Gasteiger partial charge in [-0.25, -0.2) is 4.98 Å². The van der Waals surface area contributed by atoms with Crippen molar-refractivity contribution >= 4 is 17.6 Å². The van der Waals surface area contributed by atoms with Crippen LogP contribution < -0.4 is 16.0 Å². The van der Waals surface area contributed by atoms with Gasteiger partial charge in [-0.15, -0.1) is 0 Å². The molecule has 7 heteroatoms. The molecule has 5 rings (SSSR count). The highest BCUT2D eigenvalue weighted by Crippen LogP contribution is 2.58. The lowest BCUT2D eigenvalue weighted by Gasteiger charge is -2.60. The van der Waals surface area contributed by atoms with E-state index >= 15 is 0 Å². The first-order valence-corrected chi connectivity index (χ1v) is 9.80. The molecule has 27 heavy (non-hydrogen) atoms. The number of ether oxygens (including phenoxy) is 1. The summed E-state index contributed by atoms with van der Waals surface area (Å²) in [5, 5.41) is 9.83. The molecule has 7 nitrogen and oxygen atoms in total. The summed E-state index contributed by atoms with van der Waals surface area (Å²) in [7, 11) is 1.67. The topological polar surface area (TPSA) is 92.4 Å². The number of carbonyl (C=O) groups excluding carboxylic acids is 2. The van der Waals surface area contributed by atoms with Crippen LogP contribution >= 0.6 is 0 Å². The third-order valence-corrected chi connectivity index (χ3v) is 6.68. The molecule has 3 N–H and O–H groups in total. The second-order valence-corrected chi connectivity index (χ2v) is 8.44. The van der Waals surface area contributed by atoms with E-state index in [4.69, 9.17) is 4.74 Å². The van der Waals surface area contributed by atoms with Crippen molar-refractivity contribution in [2.24, 2.45) is 17.3 Å². The van der Waals surface area contributed by atoms with Crippen LogP contribution in [0.4, 0.5) is 5.82 Å². The predicted molar refractivity (Wildman–Crippen MR) is 101 cm³/mol. The van der Waals surface area contributed by atoms with Crippen molar-refractivity contribution < 1.29 is 14.3 Å². The van der Waals surface area contributed by atoms with Crippen molar-refractivity contribution in [1.29, 1.82) is 0 Å². The fourth-order valence-corrected chi connectivity index (χ4v) is 5.27. The molecule has 3 fully saturated rings. The monoisotopic (exact) mass is 372 g/mol. The van der Waals surface area contributed by atoms with Crippen molar-refractivity contribution in [3.05, 3.63) is 23.9 Å². The summed E-state index contributed by atoms with van der Waals surface area (Å²) in [6.45, 7) is 3.48. The average molecular weight is 372 g/mol. The van der Waals surface area contributed by atoms with Gasteiger partial charge < -0.3 is 20.7 Å². The van der Waals surface area contributed by atoms with Crippen LogP contribution in [0.15, 0.2) is 18.3 Å². The van der Waals surface area contributed by atoms with E-state index in [1.165, 1.54) is 0 Å². The fraction of sp³-hybridized carbons (Fsp3) is 0.650. The molecule has 0 radical (unpaired) electrons. The minimum atomic E-state index is -0.502. The molecule has 1 aromatic heterocycles. The standard InChI is InChI=1S/C20H28N4O3/c1-19-7-6-13(11-15(19)18(26)22-9-4-10-27-2)20(12-19)23-16-14(17(25)24-20)5-3-8-21-16/h3,5,8,13,15H,4,6-7,9-12H2,1-2H3,(H,21,23)(H,22,26)(H,24,25)/t13-,15-,19+,20+/m1/s1. The number of rotatable bonds is 5. The first kappa shape index (κ1) is 18.2. The molecular weight excluding hydrogens is 344 g/mol. The Balaban J connectivity index is 1.51.